The largest absolute Gasteiger partial charge is 0.359 e. The molecule has 0 amide bonds. The molecule has 0 atom stereocenters. The summed E-state index contributed by atoms with van der Waals surface area (Å²) in [6.07, 6.45) is 4.58. The quantitative estimate of drug-likeness (QED) is 0.901. The Morgan fingerprint density at radius 1 is 1.35 bits per heavy atom. The summed E-state index contributed by atoms with van der Waals surface area (Å²) >= 11 is 6.41. The fourth-order valence-electron chi connectivity index (χ4n) is 2.48. The fraction of sp³-hybridized carbons (Fsp3) is 0.750. The summed E-state index contributed by atoms with van der Waals surface area (Å²) in [5.41, 5.74) is 1.08. The molecule has 5 heteroatoms. The first-order valence-corrected chi connectivity index (χ1v) is 6.45. The minimum Gasteiger partial charge on any atom is -0.359 e. The van der Waals surface area contributed by atoms with Crippen LogP contribution in [0.3, 0.4) is 0 Å². The number of piperidine rings is 1. The third kappa shape index (κ3) is 2.33. The van der Waals surface area contributed by atoms with Crippen LogP contribution in [0.4, 0.5) is 0 Å². The maximum atomic E-state index is 6.41. The van der Waals surface area contributed by atoms with Crippen LogP contribution in [0.2, 0.25) is 5.02 Å². The minimum absolute atomic E-state index is 0. The average molecular weight is 277 g/mol. The van der Waals surface area contributed by atoms with E-state index in [1.165, 1.54) is 12.8 Å². The molecule has 1 saturated carbocycles. The van der Waals surface area contributed by atoms with Gasteiger partial charge in [-0.05, 0) is 38.8 Å². The molecule has 96 valence electrons. The molecule has 2 aliphatic rings. The van der Waals surface area contributed by atoms with Crippen molar-refractivity contribution in [3.8, 4) is 0 Å². The van der Waals surface area contributed by atoms with Crippen molar-refractivity contribution in [2.45, 2.75) is 43.9 Å². The first-order valence-electron chi connectivity index (χ1n) is 6.07. The van der Waals surface area contributed by atoms with Crippen molar-refractivity contribution in [2.75, 3.05) is 13.1 Å². The number of nitrogens with zero attached hydrogens (tertiary/aromatic N) is 1. The van der Waals surface area contributed by atoms with E-state index >= 15 is 0 Å². The van der Waals surface area contributed by atoms with Gasteiger partial charge < -0.3 is 9.84 Å². The molecule has 1 aliphatic heterocycles. The van der Waals surface area contributed by atoms with Crippen LogP contribution in [-0.4, -0.2) is 18.2 Å². The molecule has 0 spiro atoms. The van der Waals surface area contributed by atoms with Gasteiger partial charge >= 0.3 is 0 Å². The molecule has 2 heterocycles. The minimum atomic E-state index is 0. The van der Waals surface area contributed by atoms with Gasteiger partial charge in [-0.15, -0.1) is 12.4 Å². The SMILES string of the molecule is CC1(c2noc(C3CC3)c2Cl)CCNCC1.Cl. The molecular formula is C12H18Cl2N2O. The van der Waals surface area contributed by atoms with Crippen LogP contribution in [0.15, 0.2) is 4.52 Å². The first kappa shape index (κ1) is 13.2. The van der Waals surface area contributed by atoms with Gasteiger partial charge in [0, 0.05) is 11.3 Å². The van der Waals surface area contributed by atoms with Gasteiger partial charge in [0.25, 0.3) is 0 Å². The molecule has 2 fully saturated rings. The Hall–Kier alpha value is -0.250. The van der Waals surface area contributed by atoms with E-state index in [-0.39, 0.29) is 17.8 Å². The van der Waals surface area contributed by atoms with Crippen LogP contribution in [0, 0.1) is 0 Å². The Morgan fingerprint density at radius 3 is 2.59 bits per heavy atom. The van der Waals surface area contributed by atoms with E-state index in [0.29, 0.717) is 5.92 Å². The third-order valence-corrected chi connectivity index (χ3v) is 4.25. The molecule has 17 heavy (non-hydrogen) atoms. The maximum absolute atomic E-state index is 6.41. The molecule has 3 nitrogen and oxygen atoms in total. The molecule has 1 aromatic heterocycles. The summed E-state index contributed by atoms with van der Waals surface area (Å²) in [7, 11) is 0. The van der Waals surface area contributed by atoms with Crippen LogP contribution < -0.4 is 5.32 Å². The summed E-state index contributed by atoms with van der Waals surface area (Å²) in [5.74, 6) is 1.47. The second kappa shape index (κ2) is 4.79. The number of halogens is 2. The number of aromatic nitrogens is 1. The van der Waals surface area contributed by atoms with Crippen molar-refractivity contribution >= 4 is 24.0 Å². The van der Waals surface area contributed by atoms with Crippen LogP contribution >= 0.6 is 24.0 Å². The number of nitrogens with one attached hydrogen (secondary N) is 1. The lowest BCUT2D eigenvalue weighted by Gasteiger charge is -2.32. The topological polar surface area (TPSA) is 38.1 Å². The van der Waals surface area contributed by atoms with Crippen molar-refractivity contribution in [1.29, 1.82) is 0 Å². The monoisotopic (exact) mass is 276 g/mol. The Morgan fingerprint density at radius 2 is 2.00 bits per heavy atom. The summed E-state index contributed by atoms with van der Waals surface area (Å²) in [4.78, 5) is 0. The van der Waals surface area contributed by atoms with Gasteiger partial charge in [-0.1, -0.05) is 23.7 Å². The highest BCUT2D eigenvalue weighted by Gasteiger charge is 2.38. The van der Waals surface area contributed by atoms with Crippen LogP contribution in [0.25, 0.3) is 0 Å². The highest BCUT2D eigenvalue weighted by molar-refractivity contribution is 6.32. The highest BCUT2D eigenvalue weighted by atomic mass is 35.5. The molecule has 0 radical (unpaired) electrons. The van der Waals surface area contributed by atoms with E-state index in [0.717, 1.165) is 42.4 Å². The van der Waals surface area contributed by atoms with Gasteiger partial charge in [0.05, 0.1) is 0 Å². The van der Waals surface area contributed by atoms with Crippen molar-refractivity contribution in [1.82, 2.24) is 10.5 Å². The van der Waals surface area contributed by atoms with E-state index < -0.39 is 0 Å². The second-order valence-corrected chi connectivity index (χ2v) is 5.67. The smallest absolute Gasteiger partial charge is 0.158 e. The zero-order chi connectivity index (χ0) is 11.2. The highest BCUT2D eigenvalue weighted by Crippen LogP contribution is 2.47. The lowest BCUT2D eigenvalue weighted by atomic mass is 9.78. The van der Waals surface area contributed by atoms with Crippen molar-refractivity contribution in [3.05, 3.63) is 16.5 Å². The van der Waals surface area contributed by atoms with Gasteiger partial charge in [-0.3, -0.25) is 0 Å². The maximum Gasteiger partial charge on any atom is 0.158 e. The predicted molar refractivity (Wildman–Crippen MR) is 70.2 cm³/mol. The zero-order valence-corrected chi connectivity index (χ0v) is 11.5. The molecule has 1 saturated heterocycles. The van der Waals surface area contributed by atoms with Gasteiger partial charge in [0.2, 0.25) is 0 Å². The van der Waals surface area contributed by atoms with Crippen LogP contribution in [0.5, 0.6) is 0 Å². The van der Waals surface area contributed by atoms with Gasteiger partial charge in [0.1, 0.15) is 10.7 Å². The van der Waals surface area contributed by atoms with E-state index in [1.807, 2.05) is 0 Å². The Labute approximate surface area is 113 Å². The van der Waals surface area contributed by atoms with Crippen molar-refractivity contribution in [2.24, 2.45) is 0 Å². The number of rotatable bonds is 2. The standard InChI is InChI=1S/C12H17ClN2O.ClH/c1-12(4-6-14-7-5-12)11-9(13)10(16-15-11)8-2-3-8;/h8,14H,2-7H2,1H3;1H. The normalized spacial score (nSPS) is 23.2. The molecule has 3 rings (SSSR count). The third-order valence-electron chi connectivity index (χ3n) is 3.89. The number of hydrogen-bond acceptors (Lipinski definition) is 3. The Kier molecular flexibility index (Phi) is 3.71. The lowest BCUT2D eigenvalue weighted by molar-refractivity contribution is 0.301. The molecule has 0 unspecified atom stereocenters. The molecule has 1 aromatic rings. The second-order valence-electron chi connectivity index (χ2n) is 5.29. The summed E-state index contributed by atoms with van der Waals surface area (Å²) in [6, 6.07) is 0. The van der Waals surface area contributed by atoms with E-state index in [9.17, 15) is 0 Å². The van der Waals surface area contributed by atoms with Gasteiger partial charge in [0.15, 0.2) is 5.76 Å². The fourth-order valence-corrected chi connectivity index (χ4v) is 2.93. The molecule has 0 aromatic carbocycles. The van der Waals surface area contributed by atoms with E-state index in [2.05, 4.69) is 17.4 Å². The molecule has 1 aliphatic carbocycles. The van der Waals surface area contributed by atoms with Gasteiger partial charge in [-0.25, -0.2) is 0 Å². The summed E-state index contributed by atoms with van der Waals surface area (Å²) in [5, 5.41) is 8.41. The predicted octanol–water partition coefficient (Wildman–Crippen LogP) is 3.27. The molecule has 0 bridgehead atoms. The Balaban J connectivity index is 0.00000108. The summed E-state index contributed by atoms with van der Waals surface area (Å²) < 4.78 is 5.44. The Bertz CT molecular complexity index is 395. The summed E-state index contributed by atoms with van der Waals surface area (Å²) in [6.45, 7) is 4.32. The first-order chi connectivity index (χ1) is 7.71. The molecular weight excluding hydrogens is 259 g/mol. The zero-order valence-electron chi connectivity index (χ0n) is 9.96. The lowest BCUT2D eigenvalue weighted by Crippen LogP contribution is -2.38. The van der Waals surface area contributed by atoms with Crippen molar-refractivity contribution < 1.29 is 4.52 Å². The number of hydrogen-bond donors (Lipinski definition) is 1. The van der Waals surface area contributed by atoms with E-state index in [4.69, 9.17) is 16.1 Å². The van der Waals surface area contributed by atoms with Crippen LogP contribution in [0.1, 0.15) is 50.0 Å². The average Bonchev–Trinajstić information content (AvgIpc) is 3.03. The van der Waals surface area contributed by atoms with E-state index in [1.54, 1.807) is 0 Å². The van der Waals surface area contributed by atoms with Gasteiger partial charge in [-0.2, -0.15) is 0 Å². The van der Waals surface area contributed by atoms with Crippen LogP contribution in [-0.2, 0) is 5.41 Å². The van der Waals surface area contributed by atoms with Crippen molar-refractivity contribution in [3.63, 3.8) is 0 Å². The molecule has 1 N–H and O–H groups in total.